The lowest BCUT2D eigenvalue weighted by atomic mass is 9.68. The number of hydrogen-bond acceptors (Lipinski definition) is 34. The zero-order valence-electron chi connectivity index (χ0n) is 77.0. The molecule has 11 aromatic heterocycles. The predicted octanol–water partition coefficient (Wildman–Crippen LogP) is 11.4. The predicted molar refractivity (Wildman–Crippen MR) is 526 cm³/mol. The summed E-state index contributed by atoms with van der Waals surface area (Å²) in [5, 5.41) is 78.2. The molecule has 12 aromatic rings. The van der Waals surface area contributed by atoms with Gasteiger partial charge in [0.05, 0.1) is 171 Å². The number of aliphatic hydroxyl groups excluding tert-OH is 1. The number of benzene rings is 1. The third kappa shape index (κ3) is 30.0. The quantitative estimate of drug-likeness (QED) is 0.0162. The average molecular weight is 1920 g/mol. The van der Waals surface area contributed by atoms with E-state index in [1.807, 2.05) is 4.90 Å². The van der Waals surface area contributed by atoms with E-state index in [2.05, 4.69) is 165 Å². The molecule has 1 saturated heterocycles. The number of rotatable bonds is 36. The van der Waals surface area contributed by atoms with Gasteiger partial charge in [0, 0.05) is 138 Å². The first-order valence-electron chi connectivity index (χ1n) is 44.4. The molecule has 12 heterocycles. The van der Waals surface area contributed by atoms with Crippen LogP contribution in [0.3, 0.4) is 0 Å². The van der Waals surface area contributed by atoms with E-state index in [-0.39, 0.29) is 76.5 Å². The van der Waals surface area contributed by atoms with E-state index in [9.17, 15) is 63.0 Å². The highest BCUT2D eigenvalue weighted by Gasteiger charge is 2.46. The van der Waals surface area contributed by atoms with Crippen molar-refractivity contribution in [3.8, 4) is 0 Å². The van der Waals surface area contributed by atoms with Gasteiger partial charge in [-0.2, -0.15) is 0 Å². The summed E-state index contributed by atoms with van der Waals surface area (Å²) < 4.78 is 4.93. The van der Waals surface area contributed by atoms with Crippen molar-refractivity contribution in [1.82, 2.24) is 91.0 Å². The summed E-state index contributed by atoms with van der Waals surface area (Å²) in [5.41, 5.74) is 6.38. The van der Waals surface area contributed by atoms with Crippen molar-refractivity contribution >= 4 is 175 Å². The number of aliphatic carboxylic acids is 2. The van der Waals surface area contributed by atoms with Crippen molar-refractivity contribution in [3.63, 3.8) is 0 Å². The SMILES string of the molecule is CCNC(=O)Nc1cc(Nc2cccnc2)c(C(=O)Nc2ccc(CCC(=O)O)cc2)cn1.CCNC(=O)Nc1cc(Nc2cccnc2)c(C(=O)Nc2cnc(N3CC(O)C3)nc2)cn1.CCNC(=O)Nc1cc(Nc2cccnc2)c(C(=O)Nc2cnc(NCC3(C(=O)O)CCC3)nc2)cn1.CCNC(=O)Nc1cc(Nc2cccnc2)c(C(=O)Nc2cnc(NCC3(C(=O)OC)CCC3)nc2)cn1. The standard InChI is InChI=1S/C25H29N9O4.C24H27N9O4.C23H24N6O4.C21H23N9O3/c1-3-27-24(37)34-20-10-19(32-16-6-4-9-26-11-16)18(14-28-20)21(35)33-17-12-29-23(30-13-17)31-15-25(7-5-8-25)22(36)38-2;1-2-26-23(37)33-19-9-18(31-15-5-3-8-25-10-15)17(13-27-19)20(34)32-16-11-28-22(29-12-16)30-14-24(21(35)36)6-4-7-24;1-2-25-23(33)29-20-12-19(27-17-4-3-11-24-13-17)18(14-26-20)22(32)28-16-8-5-15(6-9-16)7-10-21(30)31;1-2-23-21(33)29-18-6-17(27-13-4-3-5-22-7-13)16(10-24-18)19(32)28-14-8-25-20(26-9-14)30-11-15(31)12-30/h4,6,9-14H,3,5,7-8,15H2,1-2H3,(H,33,35)(H,29,30,31)(H3,27,28,32,34,37);3,5,8-13H,2,4,6-7,14H2,1H3,(H,32,34)(H,35,36)(H,28,29,30)(H3,26,27,31,33,37);3-6,8-9,11-14H,2,7,10H2,1H3,(H,28,32)(H,30,31)(H3,25,26,27,29,33);3-10,15,31H,2,11-12H2,1H3,(H,28,32)(H3,23,24,27,29,33). The number of β-amino-alcohol motifs (C(OH)–C–C–N with tert-alkyl or cyclic N) is 1. The van der Waals surface area contributed by atoms with Crippen molar-refractivity contribution in [2.24, 2.45) is 10.8 Å². The summed E-state index contributed by atoms with van der Waals surface area (Å²) in [6.45, 7) is 10.6. The summed E-state index contributed by atoms with van der Waals surface area (Å²) in [5.74, 6) is -1.57. The van der Waals surface area contributed by atoms with E-state index in [1.54, 1.807) is 174 Å². The van der Waals surface area contributed by atoms with E-state index in [0.29, 0.717) is 145 Å². The maximum absolute atomic E-state index is 13.1. The number of esters is 1. The van der Waals surface area contributed by atoms with E-state index in [1.165, 1.54) is 69.1 Å². The van der Waals surface area contributed by atoms with Crippen LogP contribution >= 0.6 is 0 Å². The normalized spacial score (nSPS) is 12.6. The fourth-order valence-corrected chi connectivity index (χ4v) is 13.7. The van der Waals surface area contributed by atoms with Crippen molar-refractivity contribution in [3.05, 3.63) is 236 Å². The lowest BCUT2D eigenvalue weighted by Crippen LogP contribution is -2.51. The Labute approximate surface area is 806 Å². The van der Waals surface area contributed by atoms with Crippen molar-refractivity contribution < 1.29 is 72.8 Å². The summed E-state index contributed by atoms with van der Waals surface area (Å²) in [6.07, 6.45) is 31.8. The molecular formula is C93H103N33O15. The minimum Gasteiger partial charge on any atom is -0.481 e. The molecule has 730 valence electrons. The summed E-state index contributed by atoms with van der Waals surface area (Å²) in [7, 11) is 1.39. The van der Waals surface area contributed by atoms with Gasteiger partial charge >= 0.3 is 42.0 Å². The lowest BCUT2D eigenvalue weighted by molar-refractivity contribution is -0.157. The highest BCUT2D eigenvalue weighted by molar-refractivity contribution is 6.12. The summed E-state index contributed by atoms with van der Waals surface area (Å²) in [6, 6.07) is 25.7. The largest absolute Gasteiger partial charge is 0.481 e. The molecule has 1 aliphatic heterocycles. The second-order valence-electron chi connectivity index (χ2n) is 31.5. The van der Waals surface area contributed by atoms with Gasteiger partial charge < -0.3 is 99.4 Å². The number of anilines is 19. The van der Waals surface area contributed by atoms with Crippen LogP contribution in [0, 0.1) is 10.8 Å². The van der Waals surface area contributed by atoms with Gasteiger partial charge in [-0.05, 0) is 126 Å². The van der Waals surface area contributed by atoms with Crippen LogP contribution in [0.25, 0.3) is 0 Å². The average Bonchev–Trinajstić information content (AvgIpc) is 0.788. The number of nitrogens with zero attached hydrogens (tertiary/aromatic N) is 15. The molecule has 3 fully saturated rings. The lowest BCUT2D eigenvalue weighted by Gasteiger charge is -2.38. The molecular weight excluding hydrogens is 1820 g/mol. The molecule has 21 N–H and O–H groups in total. The van der Waals surface area contributed by atoms with Crippen LogP contribution in [-0.4, -0.2) is 216 Å². The highest BCUT2D eigenvalue weighted by atomic mass is 16.5. The molecule has 0 spiro atoms. The molecule has 15 rings (SSSR count). The topological polar surface area (TPSA) is 658 Å². The van der Waals surface area contributed by atoms with Crippen LogP contribution < -0.4 is 101 Å². The van der Waals surface area contributed by atoms with Gasteiger partial charge in [0.15, 0.2) is 0 Å². The number of carboxylic acid groups (broad SMARTS) is 2. The van der Waals surface area contributed by atoms with Gasteiger partial charge in [-0.25, -0.2) is 69.0 Å². The number of hydrogen-bond donors (Lipinski definition) is 21. The molecule has 1 aromatic carbocycles. The number of carbonyl (C=O) groups is 11. The molecule has 2 saturated carbocycles. The third-order valence-corrected chi connectivity index (χ3v) is 21.2. The maximum atomic E-state index is 13.1. The Hall–Kier alpha value is -18.4. The first-order valence-corrected chi connectivity index (χ1v) is 44.4. The molecule has 2 aliphatic carbocycles. The minimum atomic E-state index is -0.862. The van der Waals surface area contributed by atoms with Crippen molar-refractivity contribution in [2.75, 3.05) is 139 Å². The van der Waals surface area contributed by atoms with Crippen LogP contribution in [0.5, 0.6) is 0 Å². The molecule has 0 unspecified atom stereocenters. The van der Waals surface area contributed by atoms with Gasteiger partial charge in [-0.1, -0.05) is 25.0 Å². The molecule has 0 radical (unpaired) electrons. The Morgan fingerprint density at radius 2 is 0.688 bits per heavy atom. The van der Waals surface area contributed by atoms with Crippen LogP contribution in [0.2, 0.25) is 0 Å². The monoisotopic (exact) mass is 1920 g/mol. The molecule has 48 nitrogen and oxygen atoms in total. The molecule has 48 heteroatoms. The number of methoxy groups -OCH3 is 1. The first kappa shape index (κ1) is 102. The Balaban J connectivity index is 0.000000168. The van der Waals surface area contributed by atoms with Crippen LogP contribution in [0.4, 0.5) is 129 Å². The Kier molecular flexibility index (Phi) is 36.2. The molecule has 12 amide bonds. The number of nitrogens with one attached hydrogen (secondary N) is 18. The zero-order valence-corrected chi connectivity index (χ0v) is 77.0. The van der Waals surface area contributed by atoms with Crippen molar-refractivity contribution in [2.45, 2.75) is 85.2 Å². The molecule has 3 aliphatic rings. The van der Waals surface area contributed by atoms with Gasteiger partial charge in [0.25, 0.3) is 23.6 Å². The Morgan fingerprint density at radius 3 is 0.957 bits per heavy atom. The zero-order chi connectivity index (χ0) is 100. The molecule has 0 atom stereocenters. The number of pyridine rings is 8. The second kappa shape index (κ2) is 50.2. The number of aromatic nitrogens is 14. The van der Waals surface area contributed by atoms with Crippen LogP contribution in [-0.2, 0) is 25.5 Å². The van der Waals surface area contributed by atoms with E-state index in [0.717, 1.165) is 31.2 Å². The number of aliphatic hydroxyl groups is 1. The van der Waals surface area contributed by atoms with Gasteiger partial charge in [-0.15, -0.1) is 0 Å². The second-order valence-corrected chi connectivity index (χ2v) is 31.5. The van der Waals surface area contributed by atoms with Gasteiger partial charge in [-0.3, -0.25) is 74.8 Å². The number of amides is 12. The number of aryl methyl sites for hydroxylation is 1. The molecule has 0 bridgehead atoms. The fourth-order valence-electron chi connectivity index (χ4n) is 13.7. The fraction of sp³-hybridized carbons (Fsp3) is 0.258. The molecule has 141 heavy (non-hydrogen) atoms. The van der Waals surface area contributed by atoms with E-state index in [4.69, 9.17) is 9.84 Å². The first-order chi connectivity index (χ1) is 68.3. The summed E-state index contributed by atoms with van der Waals surface area (Å²) in [4.78, 5) is 194. The third-order valence-electron chi connectivity index (χ3n) is 21.2. The smallest absolute Gasteiger partial charge is 0.320 e. The van der Waals surface area contributed by atoms with Crippen molar-refractivity contribution in [1.29, 1.82) is 0 Å². The van der Waals surface area contributed by atoms with E-state index < -0.39 is 70.5 Å². The Morgan fingerprint density at radius 1 is 0.376 bits per heavy atom. The minimum absolute atomic E-state index is 0.0391. The van der Waals surface area contributed by atoms with E-state index >= 15 is 0 Å². The van der Waals surface area contributed by atoms with Crippen LogP contribution in [0.15, 0.2) is 209 Å². The number of ether oxygens (including phenoxy) is 1. The number of urea groups is 4. The van der Waals surface area contributed by atoms with Gasteiger partial charge in [0.2, 0.25) is 17.8 Å². The number of carbonyl (C=O) groups excluding carboxylic acids is 9. The van der Waals surface area contributed by atoms with Gasteiger partial charge in [0.1, 0.15) is 23.3 Å². The van der Waals surface area contributed by atoms with Crippen LogP contribution in [0.1, 0.15) is 120 Å². The maximum Gasteiger partial charge on any atom is 0.320 e. The highest BCUT2D eigenvalue weighted by Crippen LogP contribution is 2.43. The summed E-state index contributed by atoms with van der Waals surface area (Å²) >= 11 is 0. The number of carboxylic acids is 2. The Bertz CT molecular complexity index is 6310.